The maximum Gasteiger partial charge on any atom is 0.0723 e. The number of rotatable bonds is 3. The van der Waals surface area contributed by atoms with Gasteiger partial charge < -0.3 is 5.73 Å². The lowest BCUT2D eigenvalue weighted by molar-refractivity contribution is 0.669. The van der Waals surface area contributed by atoms with Crippen LogP contribution in [0.5, 0.6) is 0 Å². The summed E-state index contributed by atoms with van der Waals surface area (Å²) in [5, 5.41) is 4.36. The van der Waals surface area contributed by atoms with Crippen LogP contribution in [-0.2, 0) is 7.05 Å². The minimum atomic E-state index is -0.152. The normalized spacial score (nSPS) is 12.3. The number of aromatic nitrogens is 2. The zero-order chi connectivity index (χ0) is 14.8. The van der Waals surface area contributed by atoms with Crippen LogP contribution in [0.1, 0.15) is 23.0 Å². The minimum absolute atomic E-state index is 0.152. The number of hydrogen-bond donors (Lipinski definition) is 1. The van der Waals surface area contributed by atoms with Crippen LogP contribution >= 0.6 is 0 Å². The van der Waals surface area contributed by atoms with Crippen LogP contribution in [0.3, 0.4) is 0 Å². The highest BCUT2D eigenvalue weighted by molar-refractivity contribution is 5.63. The molecule has 0 aliphatic carbocycles. The zero-order valence-electron chi connectivity index (χ0n) is 12.3. The average Bonchev–Trinajstić information content (AvgIpc) is 2.86. The monoisotopic (exact) mass is 277 g/mol. The van der Waals surface area contributed by atoms with Crippen molar-refractivity contribution in [2.75, 3.05) is 0 Å². The Bertz CT molecular complexity index is 727. The first-order valence-corrected chi connectivity index (χ1v) is 7.06. The van der Waals surface area contributed by atoms with Gasteiger partial charge in [0, 0.05) is 7.05 Å². The van der Waals surface area contributed by atoms with Crippen molar-refractivity contribution in [3.8, 4) is 11.1 Å². The van der Waals surface area contributed by atoms with E-state index < -0.39 is 0 Å². The first-order valence-electron chi connectivity index (χ1n) is 7.06. The van der Waals surface area contributed by atoms with Crippen LogP contribution in [0.25, 0.3) is 11.1 Å². The van der Waals surface area contributed by atoms with E-state index in [0.717, 1.165) is 17.0 Å². The lowest BCUT2D eigenvalue weighted by atomic mass is 9.99. The van der Waals surface area contributed by atoms with Crippen molar-refractivity contribution in [2.24, 2.45) is 12.8 Å². The molecule has 0 fully saturated rings. The molecule has 0 saturated heterocycles. The fraction of sp³-hybridized carbons (Fsp3) is 0.167. The second kappa shape index (κ2) is 5.54. The number of nitrogens with two attached hydrogens (primary N) is 1. The lowest BCUT2D eigenvalue weighted by Crippen LogP contribution is -2.15. The van der Waals surface area contributed by atoms with Crippen molar-refractivity contribution in [1.29, 1.82) is 0 Å². The second-order valence-corrected chi connectivity index (χ2v) is 5.30. The summed E-state index contributed by atoms with van der Waals surface area (Å²) in [5.74, 6) is 0. The average molecular weight is 277 g/mol. The van der Waals surface area contributed by atoms with Crippen molar-refractivity contribution in [1.82, 2.24) is 9.78 Å². The molecule has 0 bridgehead atoms. The molecule has 0 aliphatic heterocycles. The van der Waals surface area contributed by atoms with Gasteiger partial charge in [0.1, 0.15) is 0 Å². The first-order chi connectivity index (χ1) is 10.1. The molecule has 2 aromatic carbocycles. The fourth-order valence-electron chi connectivity index (χ4n) is 2.61. The van der Waals surface area contributed by atoms with Gasteiger partial charge in [0.25, 0.3) is 0 Å². The van der Waals surface area contributed by atoms with E-state index in [1.807, 2.05) is 42.9 Å². The molecular weight excluding hydrogens is 258 g/mol. The number of benzene rings is 2. The molecule has 0 radical (unpaired) electrons. The Hall–Kier alpha value is -2.39. The second-order valence-electron chi connectivity index (χ2n) is 5.30. The molecular formula is C18H19N3. The Morgan fingerprint density at radius 1 is 0.952 bits per heavy atom. The Morgan fingerprint density at radius 2 is 1.57 bits per heavy atom. The molecule has 3 rings (SSSR count). The van der Waals surface area contributed by atoms with Crippen LogP contribution in [0, 0.1) is 6.92 Å². The topological polar surface area (TPSA) is 43.8 Å². The largest absolute Gasteiger partial charge is 0.319 e. The molecule has 21 heavy (non-hydrogen) atoms. The van der Waals surface area contributed by atoms with E-state index in [0.29, 0.717) is 0 Å². The molecule has 0 spiro atoms. The van der Waals surface area contributed by atoms with Crippen molar-refractivity contribution in [2.45, 2.75) is 13.0 Å². The van der Waals surface area contributed by atoms with Crippen LogP contribution < -0.4 is 5.73 Å². The summed E-state index contributed by atoms with van der Waals surface area (Å²) in [4.78, 5) is 0. The predicted octanol–water partition coefficient (Wildman–Crippen LogP) is 3.44. The summed E-state index contributed by atoms with van der Waals surface area (Å²) >= 11 is 0. The molecule has 1 atom stereocenters. The van der Waals surface area contributed by atoms with E-state index in [1.165, 1.54) is 11.1 Å². The van der Waals surface area contributed by atoms with Crippen molar-refractivity contribution in [3.05, 3.63) is 77.6 Å². The molecule has 0 saturated carbocycles. The highest BCUT2D eigenvalue weighted by Crippen LogP contribution is 2.24. The summed E-state index contributed by atoms with van der Waals surface area (Å²) in [6.45, 7) is 1.98. The van der Waals surface area contributed by atoms with Gasteiger partial charge in [0.15, 0.2) is 0 Å². The lowest BCUT2D eigenvalue weighted by Gasteiger charge is -2.13. The Labute approximate surface area is 125 Å². The van der Waals surface area contributed by atoms with Gasteiger partial charge in [-0.3, -0.25) is 4.68 Å². The summed E-state index contributed by atoms with van der Waals surface area (Å²) in [6.07, 6.45) is 0. The van der Waals surface area contributed by atoms with E-state index in [-0.39, 0.29) is 6.04 Å². The van der Waals surface area contributed by atoms with E-state index >= 15 is 0 Å². The van der Waals surface area contributed by atoms with Crippen molar-refractivity contribution >= 4 is 0 Å². The Balaban J connectivity index is 1.89. The van der Waals surface area contributed by atoms with Gasteiger partial charge in [-0.1, -0.05) is 54.6 Å². The third-order valence-electron chi connectivity index (χ3n) is 3.73. The minimum Gasteiger partial charge on any atom is -0.319 e. The molecule has 3 nitrogen and oxygen atoms in total. The van der Waals surface area contributed by atoms with E-state index in [4.69, 9.17) is 5.73 Å². The molecule has 1 unspecified atom stereocenters. The van der Waals surface area contributed by atoms with E-state index in [1.54, 1.807) is 0 Å². The maximum absolute atomic E-state index is 6.36. The highest BCUT2D eigenvalue weighted by Gasteiger charge is 2.13. The molecule has 0 aliphatic rings. The van der Waals surface area contributed by atoms with E-state index in [2.05, 4.69) is 41.5 Å². The van der Waals surface area contributed by atoms with Gasteiger partial charge in [0.05, 0.1) is 17.4 Å². The first kappa shape index (κ1) is 13.6. The van der Waals surface area contributed by atoms with Gasteiger partial charge in [-0.2, -0.15) is 5.10 Å². The third-order valence-corrected chi connectivity index (χ3v) is 3.73. The Kier molecular flexibility index (Phi) is 3.59. The van der Waals surface area contributed by atoms with Crippen molar-refractivity contribution in [3.63, 3.8) is 0 Å². The van der Waals surface area contributed by atoms with Gasteiger partial charge >= 0.3 is 0 Å². The highest BCUT2D eigenvalue weighted by atomic mass is 15.3. The molecule has 1 heterocycles. The van der Waals surface area contributed by atoms with Gasteiger partial charge in [0.2, 0.25) is 0 Å². The summed E-state index contributed by atoms with van der Waals surface area (Å²) in [6, 6.07) is 20.7. The number of aryl methyl sites for hydroxylation is 2. The molecule has 1 aromatic heterocycles. The van der Waals surface area contributed by atoms with Crippen LogP contribution in [-0.4, -0.2) is 9.78 Å². The van der Waals surface area contributed by atoms with Crippen LogP contribution in [0.4, 0.5) is 0 Å². The molecule has 3 heteroatoms. The fourth-order valence-corrected chi connectivity index (χ4v) is 2.61. The molecule has 3 aromatic rings. The summed E-state index contributed by atoms with van der Waals surface area (Å²) in [7, 11) is 1.93. The quantitative estimate of drug-likeness (QED) is 0.797. The number of hydrogen-bond acceptors (Lipinski definition) is 2. The Morgan fingerprint density at radius 3 is 2.14 bits per heavy atom. The maximum atomic E-state index is 6.36. The number of nitrogens with zero attached hydrogens (tertiary/aromatic N) is 2. The van der Waals surface area contributed by atoms with Crippen LogP contribution in [0.15, 0.2) is 60.7 Å². The van der Waals surface area contributed by atoms with Gasteiger partial charge in [-0.05, 0) is 29.7 Å². The molecule has 0 amide bonds. The standard InChI is InChI=1S/C18H19N3/c1-13-12-17(21(2)20-13)18(19)16-10-8-15(9-11-16)14-6-4-3-5-7-14/h3-12,18H,19H2,1-2H3. The SMILES string of the molecule is Cc1cc(C(N)c2ccc(-c3ccccc3)cc2)n(C)n1. The summed E-state index contributed by atoms with van der Waals surface area (Å²) < 4.78 is 1.85. The van der Waals surface area contributed by atoms with E-state index in [9.17, 15) is 0 Å². The smallest absolute Gasteiger partial charge is 0.0723 e. The third kappa shape index (κ3) is 2.73. The van der Waals surface area contributed by atoms with Gasteiger partial charge in [-0.15, -0.1) is 0 Å². The summed E-state index contributed by atoms with van der Waals surface area (Å²) in [5.41, 5.74) is 11.9. The van der Waals surface area contributed by atoms with Crippen LogP contribution in [0.2, 0.25) is 0 Å². The van der Waals surface area contributed by atoms with Crippen molar-refractivity contribution < 1.29 is 0 Å². The predicted molar refractivity (Wildman–Crippen MR) is 85.9 cm³/mol. The van der Waals surface area contributed by atoms with Gasteiger partial charge in [-0.25, -0.2) is 0 Å². The molecule has 106 valence electrons. The zero-order valence-corrected chi connectivity index (χ0v) is 12.3. The molecule has 2 N–H and O–H groups in total.